The van der Waals surface area contributed by atoms with Crippen molar-refractivity contribution < 1.29 is 4.74 Å². The Morgan fingerprint density at radius 3 is 3.00 bits per heavy atom. The van der Waals surface area contributed by atoms with Crippen LogP contribution in [0.3, 0.4) is 0 Å². The van der Waals surface area contributed by atoms with E-state index in [1.54, 1.807) is 0 Å². The number of ether oxygens (including phenoxy) is 1. The second-order valence-corrected chi connectivity index (χ2v) is 5.24. The van der Waals surface area contributed by atoms with E-state index in [2.05, 4.69) is 28.1 Å². The van der Waals surface area contributed by atoms with E-state index >= 15 is 0 Å². The van der Waals surface area contributed by atoms with Crippen LogP contribution in [0.5, 0.6) is 0 Å². The van der Waals surface area contributed by atoms with Crippen LogP contribution in [0.4, 0.5) is 0 Å². The summed E-state index contributed by atoms with van der Waals surface area (Å²) in [5.74, 6) is 0. The van der Waals surface area contributed by atoms with Gasteiger partial charge >= 0.3 is 0 Å². The van der Waals surface area contributed by atoms with E-state index < -0.39 is 0 Å². The fourth-order valence-electron chi connectivity index (χ4n) is 2.07. The molecule has 1 saturated heterocycles. The van der Waals surface area contributed by atoms with Crippen molar-refractivity contribution in [3.8, 4) is 0 Å². The van der Waals surface area contributed by atoms with E-state index in [0.29, 0.717) is 6.61 Å². The molecule has 2 N–H and O–H groups in total. The van der Waals surface area contributed by atoms with Crippen LogP contribution in [0.25, 0.3) is 0 Å². The SMILES string of the molecule is NC1(Cc2cccc(Br)c2)CCCOC1. The Morgan fingerprint density at radius 1 is 1.47 bits per heavy atom. The Morgan fingerprint density at radius 2 is 2.33 bits per heavy atom. The number of hydrogen-bond donors (Lipinski definition) is 1. The summed E-state index contributed by atoms with van der Waals surface area (Å²) < 4.78 is 6.56. The summed E-state index contributed by atoms with van der Waals surface area (Å²) in [6.45, 7) is 1.54. The Labute approximate surface area is 98.9 Å². The zero-order valence-corrected chi connectivity index (χ0v) is 10.3. The lowest BCUT2D eigenvalue weighted by atomic mass is 9.87. The third kappa shape index (κ3) is 3.03. The zero-order chi connectivity index (χ0) is 10.7. The van der Waals surface area contributed by atoms with Gasteiger partial charge in [-0.2, -0.15) is 0 Å². The summed E-state index contributed by atoms with van der Waals surface area (Å²) >= 11 is 3.47. The first kappa shape index (κ1) is 11.1. The van der Waals surface area contributed by atoms with Gasteiger partial charge in [-0.1, -0.05) is 28.1 Å². The summed E-state index contributed by atoms with van der Waals surface area (Å²) in [5.41, 5.74) is 7.41. The molecule has 0 amide bonds. The molecular formula is C12H16BrNO. The van der Waals surface area contributed by atoms with Crippen LogP contribution in [0.2, 0.25) is 0 Å². The molecule has 2 rings (SSSR count). The van der Waals surface area contributed by atoms with Crippen molar-refractivity contribution in [3.05, 3.63) is 34.3 Å². The molecule has 1 aromatic rings. The number of benzene rings is 1. The largest absolute Gasteiger partial charge is 0.380 e. The minimum atomic E-state index is -0.168. The second-order valence-electron chi connectivity index (χ2n) is 4.33. The van der Waals surface area contributed by atoms with Crippen molar-refractivity contribution in [3.63, 3.8) is 0 Å². The molecular weight excluding hydrogens is 254 g/mol. The maximum atomic E-state index is 6.30. The van der Waals surface area contributed by atoms with Gasteiger partial charge in [-0.15, -0.1) is 0 Å². The number of nitrogens with two attached hydrogens (primary N) is 1. The third-order valence-corrected chi connectivity index (χ3v) is 3.29. The molecule has 1 atom stereocenters. The molecule has 3 heteroatoms. The lowest BCUT2D eigenvalue weighted by Gasteiger charge is -2.33. The van der Waals surface area contributed by atoms with Crippen LogP contribution < -0.4 is 5.73 Å². The molecule has 1 aromatic carbocycles. The Balaban J connectivity index is 2.06. The zero-order valence-electron chi connectivity index (χ0n) is 8.71. The first-order valence-electron chi connectivity index (χ1n) is 5.29. The molecule has 1 unspecified atom stereocenters. The quantitative estimate of drug-likeness (QED) is 0.896. The third-order valence-electron chi connectivity index (χ3n) is 2.80. The molecule has 1 heterocycles. The topological polar surface area (TPSA) is 35.2 Å². The van der Waals surface area contributed by atoms with Gasteiger partial charge in [0.05, 0.1) is 6.61 Å². The van der Waals surface area contributed by atoms with Crippen molar-refractivity contribution in [1.82, 2.24) is 0 Å². The van der Waals surface area contributed by atoms with Gasteiger partial charge in [0.2, 0.25) is 0 Å². The van der Waals surface area contributed by atoms with Crippen LogP contribution in [-0.4, -0.2) is 18.8 Å². The highest BCUT2D eigenvalue weighted by molar-refractivity contribution is 9.10. The summed E-state index contributed by atoms with van der Waals surface area (Å²) in [7, 11) is 0. The highest BCUT2D eigenvalue weighted by Crippen LogP contribution is 2.22. The van der Waals surface area contributed by atoms with Gasteiger partial charge in [-0.05, 0) is 37.0 Å². The summed E-state index contributed by atoms with van der Waals surface area (Å²) in [6.07, 6.45) is 3.02. The van der Waals surface area contributed by atoms with Gasteiger partial charge in [0.15, 0.2) is 0 Å². The average molecular weight is 270 g/mol. The first-order chi connectivity index (χ1) is 7.18. The Bertz CT molecular complexity index is 334. The fraction of sp³-hybridized carbons (Fsp3) is 0.500. The van der Waals surface area contributed by atoms with Crippen molar-refractivity contribution in [2.45, 2.75) is 24.8 Å². The molecule has 0 saturated carbocycles. The smallest absolute Gasteiger partial charge is 0.0649 e. The van der Waals surface area contributed by atoms with Crippen molar-refractivity contribution in [2.24, 2.45) is 5.73 Å². The summed E-state index contributed by atoms with van der Waals surface area (Å²) in [5, 5.41) is 0. The number of rotatable bonds is 2. The van der Waals surface area contributed by atoms with E-state index in [4.69, 9.17) is 10.5 Å². The molecule has 0 aliphatic carbocycles. The Hall–Kier alpha value is -0.380. The van der Waals surface area contributed by atoms with Gasteiger partial charge in [0.25, 0.3) is 0 Å². The van der Waals surface area contributed by atoms with Gasteiger partial charge < -0.3 is 10.5 Å². The molecule has 2 nitrogen and oxygen atoms in total. The van der Waals surface area contributed by atoms with E-state index in [9.17, 15) is 0 Å². The molecule has 0 spiro atoms. The van der Waals surface area contributed by atoms with Crippen LogP contribution in [0, 0.1) is 0 Å². The van der Waals surface area contributed by atoms with Crippen LogP contribution in [0.1, 0.15) is 18.4 Å². The molecule has 1 aliphatic heterocycles. The first-order valence-corrected chi connectivity index (χ1v) is 6.08. The number of halogens is 1. The molecule has 1 fully saturated rings. The van der Waals surface area contributed by atoms with Crippen molar-refractivity contribution in [2.75, 3.05) is 13.2 Å². The highest BCUT2D eigenvalue weighted by Gasteiger charge is 2.28. The van der Waals surface area contributed by atoms with Gasteiger partial charge in [-0.25, -0.2) is 0 Å². The van der Waals surface area contributed by atoms with Gasteiger partial charge in [-0.3, -0.25) is 0 Å². The predicted octanol–water partition coefficient (Wildman–Crippen LogP) is 2.50. The highest BCUT2D eigenvalue weighted by atomic mass is 79.9. The van der Waals surface area contributed by atoms with Gasteiger partial charge in [0, 0.05) is 16.6 Å². The normalized spacial score (nSPS) is 26.5. The van der Waals surface area contributed by atoms with E-state index in [1.807, 2.05) is 12.1 Å². The lowest BCUT2D eigenvalue weighted by Crippen LogP contribution is -2.49. The van der Waals surface area contributed by atoms with Crippen LogP contribution in [0.15, 0.2) is 28.7 Å². The molecule has 0 bridgehead atoms. The summed E-state index contributed by atoms with van der Waals surface area (Å²) in [4.78, 5) is 0. The van der Waals surface area contributed by atoms with E-state index in [-0.39, 0.29) is 5.54 Å². The van der Waals surface area contributed by atoms with E-state index in [0.717, 1.165) is 30.3 Å². The van der Waals surface area contributed by atoms with E-state index in [1.165, 1.54) is 5.56 Å². The minimum absolute atomic E-state index is 0.168. The van der Waals surface area contributed by atoms with Crippen LogP contribution in [-0.2, 0) is 11.2 Å². The molecule has 0 radical (unpaired) electrons. The molecule has 0 aromatic heterocycles. The van der Waals surface area contributed by atoms with Gasteiger partial charge in [0.1, 0.15) is 0 Å². The van der Waals surface area contributed by atoms with Crippen molar-refractivity contribution >= 4 is 15.9 Å². The second kappa shape index (κ2) is 4.64. The monoisotopic (exact) mass is 269 g/mol. The predicted molar refractivity (Wildman–Crippen MR) is 64.8 cm³/mol. The fourth-order valence-corrected chi connectivity index (χ4v) is 2.51. The molecule has 82 valence electrons. The maximum absolute atomic E-state index is 6.30. The average Bonchev–Trinajstić information content (AvgIpc) is 2.18. The maximum Gasteiger partial charge on any atom is 0.0649 e. The van der Waals surface area contributed by atoms with Crippen LogP contribution >= 0.6 is 15.9 Å². The van der Waals surface area contributed by atoms with Crippen molar-refractivity contribution in [1.29, 1.82) is 0 Å². The molecule has 15 heavy (non-hydrogen) atoms. The molecule has 1 aliphatic rings. The lowest BCUT2D eigenvalue weighted by molar-refractivity contribution is 0.0382. The minimum Gasteiger partial charge on any atom is -0.380 e. The summed E-state index contributed by atoms with van der Waals surface area (Å²) in [6, 6.07) is 8.33. The standard InChI is InChI=1S/C12H16BrNO/c13-11-4-1-3-10(7-11)8-12(14)5-2-6-15-9-12/h1,3-4,7H,2,5-6,8-9,14H2. The number of hydrogen-bond acceptors (Lipinski definition) is 2. The Kier molecular flexibility index (Phi) is 3.44.